The molecule has 0 saturated heterocycles. The third-order valence-corrected chi connectivity index (χ3v) is 4.40. The summed E-state index contributed by atoms with van der Waals surface area (Å²) >= 11 is 16.8. The molecule has 69 valence electrons. The van der Waals surface area contributed by atoms with Crippen LogP contribution < -0.4 is 0 Å². The first-order chi connectivity index (χ1) is 5.51. The molecule has 0 aromatic heterocycles. The van der Waals surface area contributed by atoms with Crippen molar-refractivity contribution in [2.24, 2.45) is 0 Å². The van der Waals surface area contributed by atoms with Gasteiger partial charge in [-0.3, -0.25) is 9.59 Å². The van der Waals surface area contributed by atoms with Crippen molar-refractivity contribution in [3.8, 4) is 0 Å². The zero-order valence-electron chi connectivity index (χ0n) is 5.82. The highest BCUT2D eigenvalue weighted by molar-refractivity contribution is 9.12. The van der Waals surface area contributed by atoms with Gasteiger partial charge in [0.15, 0.2) is 10.1 Å². The second-order valence-corrected chi connectivity index (χ2v) is 4.77. The summed E-state index contributed by atoms with van der Waals surface area (Å²) in [6, 6.07) is 0. The number of carbonyl (C=O) groups is 1. The van der Waals surface area contributed by atoms with Crippen LogP contribution in [0.1, 0.15) is 0 Å². The fraction of sp³-hybridized carbons (Fsp3) is 0.667. The lowest BCUT2D eigenvalue weighted by Gasteiger charge is -2.17. The normalized spacial score (nSPS) is 18.0. The Morgan fingerprint density at radius 2 is 2.17 bits per heavy atom. The van der Waals surface area contributed by atoms with Crippen molar-refractivity contribution in [1.82, 2.24) is 0 Å². The van der Waals surface area contributed by atoms with E-state index < -0.39 is 15.5 Å². The Balaban J connectivity index is 4.52. The third-order valence-electron chi connectivity index (χ3n) is 1.16. The highest BCUT2D eigenvalue weighted by Crippen LogP contribution is 2.23. The van der Waals surface area contributed by atoms with Crippen LogP contribution in [0, 0.1) is 0 Å². The summed E-state index contributed by atoms with van der Waals surface area (Å²) in [4.78, 5) is 21.7. The van der Waals surface area contributed by atoms with Gasteiger partial charge in [0.1, 0.15) is 5.38 Å². The van der Waals surface area contributed by atoms with Crippen molar-refractivity contribution < 1.29 is 9.59 Å². The Kier molecular flexibility index (Phi) is 5.99. The molecule has 0 aliphatic rings. The summed E-state index contributed by atoms with van der Waals surface area (Å²) in [6.07, 6.45) is 1.57. The Morgan fingerprint density at radius 3 is 2.42 bits per heavy atom. The molecule has 1 radical (unpaired) electrons. The van der Waals surface area contributed by atoms with E-state index in [1.807, 2.05) is 0 Å². The smallest absolute Gasteiger partial charge is 0.225 e. The minimum atomic E-state index is -1.37. The SMILES string of the molecule is O=[C]C(Br)(CBr)C(=O)C(Cl)CCl. The Labute approximate surface area is 97.2 Å². The van der Waals surface area contributed by atoms with Crippen LogP contribution in [-0.4, -0.2) is 33.0 Å². The highest BCUT2D eigenvalue weighted by atomic mass is 79.9. The molecule has 0 aliphatic heterocycles. The number of Topliss-reactive ketones (excluding diaryl/α,β-unsaturated/α-hetero) is 1. The van der Waals surface area contributed by atoms with E-state index in [4.69, 9.17) is 23.2 Å². The molecule has 0 aliphatic carbocycles. The largest absolute Gasteiger partial charge is 0.296 e. The predicted octanol–water partition coefficient (Wildman–Crippen LogP) is 2.04. The lowest BCUT2D eigenvalue weighted by molar-refractivity contribution is -0.118. The number of carbonyl (C=O) groups excluding carboxylic acids is 2. The molecule has 0 amide bonds. The molecule has 0 bridgehead atoms. The van der Waals surface area contributed by atoms with Crippen LogP contribution in [0.4, 0.5) is 0 Å². The predicted molar refractivity (Wildman–Crippen MR) is 56.5 cm³/mol. The molecule has 0 fully saturated rings. The van der Waals surface area contributed by atoms with E-state index in [9.17, 15) is 9.59 Å². The molecule has 2 nitrogen and oxygen atoms in total. The standard InChI is InChI=1S/C6H5Br2Cl2O2/c7-2-6(8,3-11)5(12)4(10)1-9/h4H,1-2H2. The van der Waals surface area contributed by atoms with E-state index >= 15 is 0 Å². The van der Waals surface area contributed by atoms with Gasteiger partial charge in [0, 0.05) is 11.2 Å². The van der Waals surface area contributed by atoms with Gasteiger partial charge in [-0.15, -0.1) is 23.2 Å². The van der Waals surface area contributed by atoms with Gasteiger partial charge in [-0.25, -0.2) is 0 Å². The van der Waals surface area contributed by atoms with Crippen molar-refractivity contribution >= 4 is 67.1 Å². The summed E-state index contributed by atoms with van der Waals surface area (Å²) in [5.74, 6) is -0.506. The molecule has 0 rings (SSSR count). The fourth-order valence-electron chi connectivity index (χ4n) is 0.462. The minimum absolute atomic E-state index is 0.0254. The van der Waals surface area contributed by atoms with Gasteiger partial charge in [0.2, 0.25) is 6.29 Å². The number of hydrogen-bond donors (Lipinski definition) is 0. The van der Waals surface area contributed by atoms with Crippen LogP contribution in [0.15, 0.2) is 0 Å². The summed E-state index contributed by atoms with van der Waals surface area (Å²) in [5.41, 5.74) is 0. The van der Waals surface area contributed by atoms with Crippen LogP contribution in [0.5, 0.6) is 0 Å². The minimum Gasteiger partial charge on any atom is -0.296 e. The average molecular weight is 340 g/mol. The zero-order valence-corrected chi connectivity index (χ0v) is 10.5. The maximum absolute atomic E-state index is 11.3. The molecule has 2 unspecified atom stereocenters. The number of alkyl halides is 4. The first-order valence-corrected chi connectivity index (χ1v) is 5.79. The Bertz CT molecular complexity index is 188. The average Bonchev–Trinajstić information content (AvgIpc) is 2.14. The molecular weight excluding hydrogens is 335 g/mol. The maximum atomic E-state index is 11.3. The van der Waals surface area contributed by atoms with E-state index in [1.165, 1.54) is 0 Å². The molecule has 0 saturated carbocycles. The molecule has 0 aromatic rings. The van der Waals surface area contributed by atoms with Crippen LogP contribution in [0.3, 0.4) is 0 Å². The van der Waals surface area contributed by atoms with Gasteiger partial charge in [0.05, 0.1) is 0 Å². The number of halogens is 4. The molecule has 2 atom stereocenters. The van der Waals surface area contributed by atoms with Crippen molar-refractivity contribution in [2.45, 2.75) is 9.70 Å². The van der Waals surface area contributed by atoms with Gasteiger partial charge >= 0.3 is 0 Å². The van der Waals surface area contributed by atoms with Gasteiger partial charge in [-0.2, -0.15) is 0 Å². The third kappa shape index (κ3) is 2.98. The van der Waals surface area contributed by atoms with Crippen molar-refractivity contribution in [2.75, 3.05) is 11.2 Å². The molecule has 0 aromatic carbocycles. The lowest BCUT2D eigenvalue weighted by Crippen LogP contribution is -2.41. The first kappa shape index (κ1) is 12.9. The fourth-order valence-corrected chi connectivity index (χ4v) is 1.59. The van der Waals surface area contributed by atoms with Gasteiger partial charge in [-0.1, -0.05) is 31.9 Å². The van der Waals surface area contributed by atoms with Gasteiger partial charge in [0.25, 0.3) is 0 Å². The summed E-state index contributed by atoms with van der Waals surface area (Å²) < 4.78 is -1.37. The number of rotatable bonds is 5. The second-order valence-electron chi connectivity index (χ2n) is 2.02. The first-order valence-electron chi connectivity index (χ1n) is 2.90. The van der Waals surface area contributed by atoms with E-state index in [0.29, 0.717) is 0 Å². The quantitative estimate of drug-likeness (QED) is 0.567. The molecule has 12 heavy (non-hydrogen) atoms. The summed E-state index contributed by atoms with van der Waals surface area (Å²) in [7, 11) is 0. The molecule has 0 N–H and O–H groups in total. The van der Waals surface area contributed by atoms with Crippen molar-refractivity contribution in [3.05, 3.63) is 0 Å². The van der Waals surface area contributed by atoms with Crippen LogP contribution in [0.2, 0.25) is 0 Å². The van der Waals surface area contributed by atoms with Crippen LogP contribution in [-0.2, 0) is 9.59 Å². The van der Waals surface area contributed by atoms with Crippen LogP contribution >= 0.6 is 55.1 Å². The van der Waals surface area contributed by atoms with Crippen LogP contribution in [0.25, 0.3) is 0 Å². The Hall–Kier alpha value is 0.880. The highest BCUT2D eigenvalue weighted by Gasteiger charge is 2.38. The van der Waals surface area contributed by atoms with E-state index in [0.717, 1.165) is 0 Å². The number of hydrogen-bond acceptors (Lipinski definition) is 2. The maximum Gasteiger partial charge on any atom is 0.225 e. The molecule has 0 heterocycles. The topological polar surface area (TPSA) is 34.1 Å². The van der Waals surface area contributed by atoms with Gasteiger partial charge < -0.3 is 0 Å². The molecule has 6 heteroatoms. The second kappa shape index (κ2) is 5.58. The summed E-state index contributed by atoms with van der Waals surface area (Å²) in [5, 5.41) is -0.743. The van der Waals surface area contributed by atoms with E-state index in [2.05, 4.69) is 31.9 Å². The van der Waals surface area contributed by atoms with E-state index in [-0.39, 0.29) is 11.2 Å². The summed E-state index contributed by atoms with van der Waals surface area (Å²) in [6.45, 7) is 0. The van der Waals surface area contributed by atoms with E-state index in [1.54, 1.807) is 6.29 Å². The molecular formula is C6H5Br2Cl2O2. The molecule has 0 spiro atoms. The number of ketones is 1. The van der Waals surface area contributed by atoms with Crippen molar-refractivity contribution in [1.29, 1.82) is 0 Å². The van der Waals surface area contributed by atoms with Gasteiger partial charge in [-0.05, 0) is 0 Å². The van der Waals surface area contributed by atoms with Crippen molar-refractivity contribution in [3.63, 3.8) is 0 Å². The lowest BCUT2D eigenvalue weighted by atomic mass is 10.1. The monoisotopic (exact) mass is 337 g/mol. The Morgan fingerprint density at radius 1 is 1.67 bits per heavy atom. The zero-order chi connectivity index (χ0) is 9.78.